The van der Waals surface area contributed by atoms with Gasteiger partial charge >= 0.3 is 0 Å². The molecule has 0 spiro atoms. The van der Waals surface area contributed by atoms with E-state index in [2.05, 4.69) is 15.3 Å². The molecule has 0 aliphatic carbocycles. The van der Waals surface area contributed by atoms with Crippen molar-refractivity contribution in [2.45, 2.75) is 17.2 Å². The number of anilines is 1. The Balaban J connectivity index is 1.45. The molecule has 2 heterocycles. The minimum absolute atomic E-state index is 0.406. The fourth-order valence-electron chi connectivity index (χ4n) is 2.13. The summed E-state index contributed by atoms with van der Waals surface area (Å²) in [6.07, 6.45) is 3.66. The van der Waals surface area contributed by atoms with E-state index in [4.69, 9.17) is 15.2 Å². The first kappa shape index (κ1) is 16.9. The highest BCUT2D eigenvalue weighted by Gasteiger charge is 2.10. The Kier molecular flexibility index (Phi) is 6.20. The second-order valence-electron chi connectivity index (χ2n) is 5.10. The van der Waals surface area contributed by atoms with Crippen molar-refractivity contribution < 1.29 is 9.47 Å². The van der Waals surface area contributed by atoms with E-state index in [-0.39, 0.29) is 0 Å². The van der Waals surface area contributed by atoms with Crippen LogP contribution >= 0.6 is 23.1 Å². The van der Waals surface area contributed by atoms with Gasteiger partial charge in [0.2, 0.25) is 0 Å². The molecule has 6 nitrogen and oxygen atoms in total. The van der Waals surface area contributed by atoms with E-state index in [1.54, 1.807) is 23.1 Å². The normalized spacial score (nSPS) is 14.2. The lowest BCUT2D eigenvalue weighted by Crippen LogP contribution is -2.22. The molecule has 0 fully saturated rings. The fourth-order valence-corrected chi connectivity index (χ4v) is 3.77. The third-order valence-electron chi connectivity index (χ3n) is 3.24. The first-order valence-electron chi connectivity index (χ1n) is 7.80. The van der Waals surface area contributed by atoms with Gasteiger partial charge in [-0.05, 0) is 18.6 Å². The van der Waals surface area contributed by atoms with Crippen LogP contribution in [0.2, 0.25) is 0 Å². The van der Waals surface area contributed by atoms with E-state index in [1.165, 1.54) is 0 Å². The van der Waals surface area contributed by atoms with Crippen molar-refractivity contribution in [2.75, 3.05) is 30.8 Å². The lowest BCUT2D eigenvalue weighted by molar-refractivity contribution is 0.297. The number of guanidine groups is 1. The van der Waals surface area contributed by atoms with Gasteiger partial charge in [-0.15, -0.1) is 11.3 Å². The quantitative estimate of drug-likeness (QED) is 0.354. The van der Waals surface area contributed by atoms with E-state index >= 15 is 0 Å². The fraction of sp³-hybridized carbons (Fsp3) is 0.375. The third-order valence-corrected chi connectivity index (χ3v) is 5.29. The zero-order valence-electron chi connectivity index (χ0n) is 13.2. The SMILES string of the molecule is NC(=NCCCSc1nccs1)Nc1ccc2c(c1)OCCCO2. The first-order valence-corrected chi connectivity index (χ1v) is 9.67. The average molecular weight is 364 g/mol. The number of ether oxygens (including phenoxy) is 2. The standard InChI is InChI=1S/C16H20N4O2S2/c17-15(18-5-1-9-23-16-19-6-10-24-16)20-12-3-4-13-14(11-12)22-8-2-7-21-13/h3-4,6,10-11H,1-2,5,7-9H2,(H3,17,18,20). The largest absolute Gasteiger partial charge is 0.490 e. The van der Waals surface area contributed by atoms with Gasteiger partial charge in [0.1, 0.15) is 4.34 Å². The Bertz CT molecular complexity index is 677. The Morgan fingerprint density at radius 1 is 1.33 bits per heavy atom. The molecule has 3 rings (SSSR count). The summed E-state index contributed by atoms with van der Waals surface area (Å²) in [7, 11) is 0. The third kappa shape index (κ3) is 5.04. The van der Waals surface area contributed by atoms with E-state index in [0.717, 1.165) is 40.1 Å². The highest BCUT2D eigenvalue weighted by molar-refractivity contribution is 8.00. The van der Waals surface area contributed by atoms with Gasteiger partial charge in [0.15, 0.2) is 17.5 Å². The molecule has 8 heteroatoms. The molecule has 0 amide bonds. The van der Waals surface area contributed by atoms with Crippen LogP contribution < -0.4 is 20.5 Å². The molecule has 1 aliphatic heterocycles. The molecule has 1 aromatic heterocycles. The molecule has 0 radical (unpaired) electrons. The van der Waals surface area contributed by atoms with Gasteiger partial charge < -0.3 is 20.5 Å². The summed E-state index contributed by atoms with van der Waals surface area (Å²) < 4.78 is 12.4. The maximum Gasteiger partial charge on any atom is 0.193 e. The topological polar surface area (TPSA) is 81.8 Å². The summed E-state index contributed by atoms with van der Waals surface area (Å²) in [6.45, 7) is 2.03. The Labute approximate surface area is 149 Å². The predicted octanol–water partition coefficient (Wildman–Crippen LogP) is 3.21. The number of hydrogen-bond donors (Lipinski definition) is 2. The van der Waals surface area contributed by atoms with Gasteiger partial charge in [0.25, 0.3) is 0 Å². The molecule has 0 atom stereocenters. The molecule has 0 bridgehead atoms. The molecule has 3 N–H and O–H groups in total. The number of thiazole rings is 1. The lowest BCUT2D eigenvalue weighted by Gasteiger charge is -2.10. The molecular weight excluding hydrogens is 344 g/mol. The van der Waals surface area contributed by atoms with Crippen molar-refractivity contribution in [2.24, 2.45) is 10.7 Å². The van der Waals surface area contributed by atoms with Crippen LogP contribution in [0, 0.1) is 0 Å². The molecule has 2 aromatic rings. The van der Waals surface area contributed by atoms with E-state index in [9.17, 15) is 0 Å². The van der Waals surface area contributed by atoms with Gasteiger partial charge in [-0.1, -0.05) is 11.8 Å². The molecule has 24 heavy (non-hydrogen) atoms. The van der Waals surface area contributed by atoms with Crippen molar-refractivity contribution in [1.29, 1.82) is 0 Å². The van der Waals surface area contributed by atoms with Crippen molar-refractivity contribution in [3.63, 3.8) is 0 Å². The number of thioether (sulfide) groups is 1. The monoisotopic (exact) mass is 364 g/mol. The first-order chi connectivity index (χ1) is 11.8. The van der Waals surface area contributed by atoms with Crippen LogP contribution in [-0.2, 0) is 0 Å². The summed E-state index contributed by atoms with van der Waals surface area (Å²) in [6, 6.07) is 5.69. The van der Waals surface area contributed by atoms with Crippen LogP contribution in [0.5, 0.6) is 11.5 Å². The summed E-state index contributed by atoms with van der Waals surface area (Å²) >= 11 is 3.41. The second kappa shape index (κ2) is 8.79. The summed E-state index contributed by atoms with van der Waals surface area (Å²) in [5.41, 5.74) is 6.78. The van der Waals surface area contributed by atoms with Crippen LogP contribution in [-0.4, -0.2) is 36.5 Å². The van der Waals surface area contributed by atoms with Crippen molar-refractivity contribution in [1.82, 2.24) is 4.98 Å². The van der Waals surface area contributed by atoms with Crippen molar-refractivity contribution >= 4 is 34.7 Å². The van der Waals surface area contributed by atoms with E-state index < -0.39 is 0 Å². The highest BCUT2D eigenvalue weighted by Crippen LogP contribution is 2.32. The van der Waals surface area contributed by atoms with Crippen molar-refractivity contribution in [3.05, 3.63) is 29.8 Å². The average Bonchev–Trinajstić information content (AvgIpc) is 2.98. The smallest absolute Gasteiger partial charge is 0.193 e. The van der Waals surface area contributed by atoms with Crippen LogP contribution in [0.1, 0.15) is 12.8 Å². The molecule has 1 aliphatic rings. The number of hydrogen-bond acceptors (Lipinski definition) is 6. The second-order valence-corrected chi connectivity index (χ2v) is 7.34. The Hall–Kier alpha value is -1.93. The number of nitrogens with one attached hydrogen (secondary N) is 1. The van der Waals surface area contributed by atoms with Crippen LogP contribution in [0.25, 0.3) is 0 Å². The number of benzene rings is 1. The lowest BCUT2D eigenvalue weighted by atomic mass is 10.3. The van der Waals surface area contributed by atoms with Gasteiger partial charge in [-0.3, -0.25) is 4.99 Å². The maximum atomic E-state index is 5.94. The number of aliphatic imine (C=N–C) groups is 1. The number of nitrogens with zero attached hydrogens (tertiary/aromatic N) is 2. The molecule has 1 aromatic carbocycles. The summed E-state index contributed by atoms with van der Waals surface area (Å²) in [5, 5.41) is 5.08. The van der Waals surface area contributed by atoms with Crippen molar-refractivity contribution in [3.8, 4) is 11.5 Å². The molecule has 128 valence electrons. The van der Waals surface area contributed by atoms with Gasteiger partial charge in [0.05, 0.1) is 13.2 Å². The minimum Gasteiger partial charge on any atom is -0.490 e. The van der Waals surface area contributed by atoms with Gasteiger partial charge in [-0.2, -0.15) is 0 Å². The number of fused-ring (bicyclic) bond motifs is 1. The van der Waals surface area contributed by atoms with Gasteiger partial charge in [0, 0.05) is 42.0 Å². The summed E-state index contributed by atoms with van der Waals surface area (Å²) in [5.74, 6) is 2.90. The molecule has 0 unspecified atom stereocenters. The van der Waals surface area contributed by atoms with Crippen LogP contribution in [0.15, 0.2) is 39.1 Å². The highest BCUT2D eigenvalue weighted by atomic mass is 32.2. The Morgan fingerprint density at radius 2 is 2.21 bits per heavy atom. The maximum absolute atomic E-state index is 5.94. The zero-order valence-corrected chi connectivity index (χ0v) is 14.9. The minimum atomic E-state index is 0.406. The number of rotatable bonds is 6. The molecular formula is C16H20N4O2S2. The van der Waals surface area contributed by atoms with Gasteiger partial charge in [-0.25, -0.2) is 4.98 Å². The van der Waals surface area contributed by atoms with E-state index in [0.29, 0.717) is 25.7 Å². The summed E-state index contributed by atoms with van der Waals surface area (Å²) in [4.78, 5) is 8.58. The van der Waals surface area contributed by atoms with Crippen LogP contribution in [0.4, 0.5) is 5.69 Å². The molecule has 0 saturated carbocycles. The number of aromatic nitrogens is 1. The number of nitrogens with two attached hydrogens (primary N) is 1. The predicted molar refractivity (Wildman–Crippen MR) is 99.6 cm³/mol. The molecule has 0 saturated heterocycles. The van der Waals surface area contributed by atoms with E-state index in [1.807, 2.05) is 29.8 Å². The van der Waals surface area contributed by atoms with Crippen LogP contribution in [0.3, 0.4) is 0 Å². The zero-order chi connectivity index (χ0) is 16.6. The Morgan fingerprint density at radius 3 is 3.04 bits per heavy atom.